The summed E-state index contributed by atoms with van der Waals surface area (Å²) in [6.07, 6.45) is 4.14. The molecule has 5 nitrogen and oxygen atoms in total. The Hall–Kier alpha value is -1.70. The van der Waals surface area contributed by atoms with Gasteiger partial charge in [-0.3, -0.25) is 4.98 Å². The highest BCUT2D eigenvalue weighted by atomic mass is 35.5. The van der Waals surface area contributed by atoms with Crippen LogP contribution in [0.25, 0.3) is 0 Å². The second kappa shape index (κ2) is 7.68. The molecule has 0 saturated carbocycles. The number of ether oxygens (including phenoxy) is 1. The molecule has 1 fully saturated rings. The molecule has 0 amide bonds. The van der Waals surface area contributed by atoms with Crippen LogP contribution in [0.2, 0.25) is 5.02 Å². The van der Waals surface area contributed by atoms with Crippen molar-refractivity contribution in [3.05, 3.63) is 59.1 Å². The quantitative estimate of drug-likeness (QED) is 0.794. The molecule has 1 aromatic carbocycles. The van der Waals surface area contributed by atoms with Gasteiger partial charge in [-0.25, -0.2) is 12.8 Å². The van der Waals surface area contributed by atoms with Crippen LogP contribution >= 0.6 is 11.6 Å². The molecule has 0 spiro atoms. The average molecular weight is 385 g/mol. The molecule has 1 saturated heterocycles. The van der Waals surface area contributed by atoms with Gasteiger partial charge in [-0.05, 0) is 18.9 Å². The molecule has 25 heavy (non-hydrogen) atoms. The summed E-state index contributed by atoms with van der Waals surface area (Å²) in [6.45, 7) is 0.621. The van der Waals surface area contributed by atoms with Crippen LogP contribution in [0, 0.1) is 5.82 Å². The number of sulfonamides is 1. The fourth-order valence-electron chi connectivity index (χ4n) is 2.79. The molecule has 0 N–H and O–H groups in total. The van der Waals surface area contributed by atoms with Crippen LogP contribution in [-0.4, -0.2) is 36.9 Å². The maximum Gasteiger partial charge on any atom is 0.218 e. The predicted octanol–water partition coefficient (Wildman–Crippen LogP) is 3.25. The number of pyridine rings is 1. The number of nitrogens with zero attached hydrogens (tertiary/aromatic N) is 2. The van der Waals surface area contributed by atoms with Gasteiger partial charge in [-0.2, -0.15) is 4.31 Å². The molecular weight excluding hydrogens is 367 g/mol. The van der Waals surface area contributed by atoms with E-state index in [1.54, 1.807) is 18.3 Å². The van der Waals surface area contributed by atoms with Gasteiger partial charge in [0.05, 0.1) is 12.3 Å². The molecule has 2 aromatic rings. The first-order valence-corrected chi connectivity index (χ1v) is 9.92. The van der Waals surface area contributed by atoms with Crippen molar-refractivity contribution < 1.29 is 17.5 Å². The fourth-order valence-corrected chi connectivity index (χ4v) is 4.57. The minimum Gasteiger partial charge on any atom is -0.487 e. The summed E-state index contributed by atoms with van der Waals surface area (Å²) in [5, 5.41) is 0.383. The number of rotatable bonds is 5. The lowest BCUT2D eigenvalue weighted by atomic mass is 10.1. The largest absolute Gasteiger partial charge is 0.487 e. The maximum absolute atomic E-state index is 13.8. The van der Waals surface area contributed by atoms with Gasteiger partial charge >= 0.3 is 0 Å². The molecule has 0 aliphatic carbocycles. The Kier molecular flexibility index (Phi) is 5.56. The van der Waals surface area contributed by atoms with E-state index in [-0.39, 0.29) is 24.0 Å². The standard InChI is InChI=1S/C17H18ClFN2O3S/c18-15-10-20-8-7-17(15)24-14-5-3-9-21(11-14)25(22,23)12-13-4-1-2-6-16(13)19/h1-2,4,6-8,10,14H,3,5,9,11-12H2/t14-/m1/s1. The number of hydrogen-bond acceptors (Lipinski definition) is 4. The Bertz CT molecular complexity index is 847. The van der Waals surface area contributed by atoms with Crippen LogP contribution in [0.15, 0.2) is 42.7 Å². The molecule has 134 valence electrons. The zero-order valence-corrected chi connectivity index (χ0v) is 15.0. The van der Waals surface area contributed by atoms with E-state index in [9.17, 15) is 12.8 Å². The van der Waals surface area contributed by atoms with Gasteiger partial charge in [0.15, 0.2) is 0 Å². The van der Waals surface area contributed by atoms with E-state index < -0.39 is 15.8 Å². The molecule has 1 aromatic heterocycles. The lowest BCUT2D eigenvalue weighted by Gasteiger charge is -2.32. The van der Waals surface area contributed by atoms with Gasteiger partial charge in [0.1, 0.15) is 22.7 Å². The predicted molar refractivity (Wildman–Crippen MR) is 93.5 cm³/mol. The van der Waals surface area contributed by atoms with Crippen molar-refractivity contribution in [3.63, 3.8) is 0 Å². The first-order valence-electron chi connectivity index (χ1n) is 7.93. The number of benzene rings is 1. The molecule has 8 heteroatoms. The van der Waals surface area contributed by atoms with E-state index in [0.29, 0.717) is 23.7 Å². The third-order valence-electron chi connectivity index (χ3n) is 4.06. The number of piperidine rings is 1. The molecule has 1 aliphatic heterocycles. The van der Waals surface area contributed by atoms with Gasteiger partial charge < -0.3 is 4.74 Å². The van der Waals surface area contributed by atoms with E-state index in [0.717, 1.165) is 6.42 Å². The van der Waals surface area contributed by atoms with Crippen LogP contribution in [0.3, 0.4) is 0 Å². The topological polar surface area (TPSA) is 59.5 Å². The van der Waals surface area contributed by atoms with Gasteiger partial charge in [0, 0.05) is 30.6 Å². The second-order valence-corrected chi connectivity index (χ2v) is 8.27. The van der Waals surface area contributed by atoms with Crippen LogP contribution in [0.4, 0.5) is 4.39 Å². The fraction of sp³-hybridized carbons (Fsp3) is 0.353. The Labute approximate surface area is 151 Å². The van der Waals surface area contributed by atoms with Crippen molar-refractivity contribution in [3.8, 4) is 5.75 Å². The highest BCUT2D eigenvalue weighted by molar-refractivity contribution is 7.88. The van der Waals surface area contributed by atoms with E-state index >= 15 is 0 Å². The van der Waals surface area contributed by atoms with Crippen molar-refractivity contribution in [1.29, 1.82) is 0 Å². The van der Waals surface area contributed by atoms with Crippen LogP contribution in [0.1, 0.15) is 18.4 Å². The van der Waals surface area contributed by atoms with E-state index in [2.05, 4.69) is 4.98 Å². The zero-order chi connectivity index (χ0) is 17.9. The SMILES string of the molecule is O=S(=O)(Cc1ccccc1F)N1CCC[C@@H](Oc2ccncc2Cl)C1. The first kappa shape index (κ1) is 18.1. The molecule has 0 bridgehead atoms. The Morgan fingerprint density at radius 1 is 1.32 bits per heavy atom. The monoisotopic (exact) mass is 384 g/mol. The van der Waals surface area contributed by atoms with Crippen molar-refractivity contribution in [2.24, 2.45) is 0 Å². The van der Waals surface area contributed by atoms with Crippen molar-refractivity contribution in [1.82, 2.24) is 9.29 Å². The summed E-state index contributed by atoms with van der Waals surface area (Å²) in [6, 6.07) is 7.56. The average Bonchev–Trinajstić information content (AvgIpc) is 2.59. The first-order chi connectivity index (χ1) is 12.0. The summed E-state index contributed by atoms with van der Waals surface area (Å²) in [7, 11) is -3.63. The van der Waals surface area contributed by atoms with E-state index in [1.807, 2.05) is 0 Å². The summed E-state index contributed by atoms with van der Waals surface area (Å²) >= 11 is 6.03. The summed E-state index contributed by atoms with van der Waals surface area (Å²) in [5.74, 6) is -0.392. The number of hydrogen-bond donors (Lipinski definition) is 0. The number of aromatic nitrogens is 1. The van der Waals surface area contributed by atoms with Crippen molar-refractivity contribution in [2.75, 3.05) is 13.1 Å². The molecule has 2 heterocycles. The van der Waals surface area contributed by atoms with Crippen molar-refractivity contribution >= 4 is 21.6 Å². The highest BCUT2D eigenvalue weighted by Crippen LogP contribution is 2.27. The van der Waals surface area contributed by atoms with Crippen molar-refractivity contribution in [2.45, 2.75) is 24.7 Å². The minimum atomic E-state index is -3.63. The Morgan fingerprint density at radius 3 is 2.88 bits per heavy atom. The van der Waals surface area contributed by atoms with Crippen LogP contribution < -0.4 is 4.74 Å². The molecule has 3 rings (SSSR count). The second-order valence-electron chi connectivity index (χ2n) is 5.89. The lowest BCUT2D eigenvalue weighted by molar-refractivity contribution is 0.129. The maximum atomic E-state index is 13.8. The minimum absolute atomic E-state index is 0.169. The van der Waals surface area contributed by atoms with Crippen LogP contribution in [0.5, 0.6) is 5.75 Å². The molecule has 0 unspecified atom stereocenters. The Morgan fingerprint density at radius 2 is 2.12 bits per heavy atom. The number of halogens is 2. The van der Waals surface area contributed by atoms with Gasteiger partial charge in [-0.15, -0.1) is 0 Å². The van der Waals surface area contributed by atoms with Gasteiger partial charge in [0.2, 0.25) is 10.0 Å². The van der Waals surface area contributed by atoms with Gasteiger partial charge in [0.25, 0.3) is 0 Å². The zero-order valence-electron chi connectivity index (χ0n) is 13.4. The van der Waals surface area contributed by atoms with E-state index in [4.69, 9.17) is 16.3 Å². The normalized spacial score (nSPS) is 18.9. The summed E-state index contributed by atoms with van der Waals surface area (Å²) < 4.78 is 46.2. The molecular formula is C17H18ClFN2O3S. The molecule has 1 atom stereocenters. The Balaban J connectivity index is 1.70. The third-order valence-corrected chi connectivity index (χ3v) is 6.14. The highest BCUT2D eigenvalue weighted by Gasteiger charge is 2.30. The lowest BCUT2D eigenvalue weighted by Crippen LogP contribution is -2.44. The van der Waals surface area contributed by atoms with Gasteiger partial charge in [-0.1, -0.05) is 29.8 Å². The van der Waals surface area contributed by atoms with Crippen LogP contribution in [-0.2, 0) is 15.8 Å². The smallest absolute Gasteiger partial charge is 0.218 e. The summed E-state index contributed by atoms with van der Waals surface area (Å²) in [5.41, 5.74) is 0.169. The molecule has 1 aliphatic rings. The molecule has 0 radical (unpaired) electrons. The summed E-state index contributed by atoms with van der Waals surface area (Å²) in [4.78, 5) is 3.89. The third kappa shape index (κ3) is 4.48. The van der Waals surface area contributed by atoms with E-state index in [1.165, 1.54) is 28.7 Å².